The second-order valence-corrected chi connectivity index (χ2v) is 7.28. The van der Waals surface area contributed by atoms with Crippen molar-refractivity contribution in [3.63, 3.8) is 0 Å². The van der Waals surface area contributed by atoms with Crippen molar-refractivity contribution in [1.82, 2.24) is 9.78 Å². The van der Waals surface area contributed by atoms with Crippen LogP contribution in [0.1, 0.15) is 31.4 Å². The van der Waals surface area contributed by atoms with Crippen LogP contribution in [0.5, 0.6) is 0 Å². The van der Waals surface area contributed by atoms with Gasteiger partial charge in [0.15, 0.2) is 0 Å². The smallest absolute Gasteiger partial charge is 0.291 e. The van der Waals surface area contributed by atoms with Crippen LogP contribution in [0, 0.1) is 6.92 Å². The van der Waals surface area contributed by atoms with Gasteiger partial charge in [0.2, 0.25) is 11.8 Å². The van der Waals surface area contributed by atoms with Gasteiger partial charge in [-0.3, -0.25) is 14.4 Å². The fraction of sp³-hybridized carbons (Fsp3) is 0.250. The van der Waals surface area contributed by atoms with E-state index in [0.717, 1.165) is 22.2 Å². The van der Waals surface area contributed by atoms with Gasteiger partial charge in [-0.1, -0.05) is 50.2 Å². The molecule has 1 aromatic heterocycles. The lowest BCUT2D eigenvalue weighted by Gasteiger charge is -2.12. The van der Waals surface area contributed by atoms with Crippen molar-refractivity contribution in [2.75, 3.05) is 10.6 Å². The molecule has 0 aliphatic carbocycles. The van der Waals surface area contributed by atoms with E-state index in [-0.39, 0.29) is 30.5 Å². The van der Waals surface area contributed by atoms with Crippen molar-refractivity contribution in [3.05, 3.63) is 76.1 Å². The first kappa shape index (κ1) is 22.0. The van der Waals surface area contributed by atoms with Gasteiger partial charge in [-0.25, -0.2) is 4.68 Å². The lowest BCUT2D eigenvalue weighted by molar-refractivity contribution is -0.117. The number of hydrogen-bond donors (Lipinski definition) is 2. The van der Waals surface area contributed by atoms with Gasteiger partial charge in [0.25, 0.3) is 5.56 Å². The Morgan fingerprint density at radius 3 is 2.35 bits per heavy atom. The lowest BCUT2D eigenvalue weighted by Crippen LogP contribution is -2.32. The summed E-state index contributed by atoms with van der Waals surface area (Å²) in [5, 5.41) is 9.78. The Morgan fingerprint density at radius 1 is 0.968 bits per heavy atom. The molecule has 31 heavy (non-hydrogen) atoms. The molecule has 0 bridgehead atoms. The second-order valence-electron chi connectivity index (χ2n) is 7.28. The molecule has 2 N–H and O–H groups in total. The molecule has 0 unspecified atom stereocenters. The Balaban J connectivity index is 1.94. The summed E-state index contributed by atoms with van der Waals surface area (Å²) in [5.41, 5.74) is 3.68. The Bertz CT molecular complexity index is 1150. The summed E-state index contributed by atoms with van der Waals surface area (Å²) in [6, 6.07) is 16.7. The first-order valence-electron chi connectivity index (χ1n) is 10.3. The molecule has 160 valence electrons. The van der Waals surface area contributed by atoms with Crippen LogP contribution in [0.4, 0.5) is 11.4 Å². The van der Waals surface area contributed by atoms with Crippen molar-refractivity contribution in [3.8, 4) is 11.3 Å². The number of aromatic nitrogens is 2. The van der Waals surface area contributed by atoms with Crippen molar-refractivity contribution in [2.24, 2.45) is 0 Å². The molecule has 7 heteroatoms. The minimum atomic E-state index is -0.532. The summed E-state index contributed by atoms with van der Waals surface area (Å²) in [5.74, 6) is -0.669. The largest absolute Gasteiger partial charge is 0.324 e. The average molecular weight is 418 g/mol. The van der Waals surface area contributed by atoms with Gasteiger partial charge in [0.05, 0.1) is 5.69 Å². The molecule has 0 atom stereocenters. The third kappa shape index (κ3) is 5.66. The monoisotopic (exact) mass is 418 g/mol. The molecule has 7 nitrogen and oxygen atoms in total. The first-order valence-corrected chi connectivity index (χ1v) is 10.3. The van der Waals surface area contributed by atoms with E-state index < -0.39 is 5.56 Å². The number of amides is 2. The van der Waals surface area contributed by atoms with Crippen LogP contribution < -0.4 is 16.2 Å². The number of carbonyl (C=O) groups excluding carboxylic acids is 2. The third-order valence-corrected chi connectivity index (χ3v) is 4.82. The SMILES string of the molecule is CCC(=O)Nc1cc(-c2ccc(CC)cc2)nn(CC(=O)Nc2cccc(C)c2)c1=O. The highest BCUT2D eigenvalue weighted by Crippen LogP contribution is 2.19. The summed E-state index contributed by atoms with van der Waals surface area (Å²) in [4.78, 5) is 37.3. The maximum absolute atomic E-state index is 12.9. The molecule has 0 saturated carbocycles. The standard InChI is InChI=1S/C24H26N4O3/c1-4-17-9-11-18(12-10-17)20-14-21(26-22(29)5-2)24(31)28(27-20)15-23(30)25-19-8-6-7-16(3)13-19/h6-14H,4-5,15H2,1-3H3,(H,25,30)(H,26,29). The van der Waals surface area contributed by atoms with Gasteiger partial charge in [0.1, 0.15) is 12.2 Å². The van der Waals surface area contributed by atoms with Crippen LogP contribution >= 0.6 is 0 Å². The number of nitrogens with one attached hydrogen (secondary N) is 2. The van der Waals surface area contributed by atoms with E-state index in [0.29, 0.717) is 11.4 Å². The zero-order valence-electron chi connectivity index (χ0n) is 17.9. The molecule has 2 amide bonds. The van der Waals surface area contributed by atoms with Gasteiger partial charge < -0.3 is 10.6 Å². The minimum Gasteiger partial charge on any atom is -0.324 e. The number of carbonyl (C=O) groups is 2. The Kier molecular flexibility index (Phi) is 6.97. The van der Waals surface area contributed by atoms with Crippen LogP contribution in [0.3, 0.4) is 0 Å². The van der Waals surface area contributed by atoms with E-state index in [1.165, 1.54) is 5.56 Å². The van der Waals surface area contributed by atoms with Gasteiger partial charge in [0, 0.05) is 17.7 Å². The zero-order chi connectivity index (χ0) is 22.4. The number of rotatable bonds is 7. The fourth-order valence-corrected chi connectivity index (χ4v) is 3.09. The summed E-state index contributed by atoms with van der Waals surface area (Å²) < 4.78 is 1.08. The number of anilines is 2. The molecule has 3 aromatic rings. The Hall–Kier alpha value is -3.74. The molecular formula is C24H26N4O3. The Morgan fingerprint density at radius 2 is 1.71 bits per heavy atom. The van der Waals surface area contributed by atoms with E-state index in [4.69, 9.17) is 0 Å². The van der Waals surface area contributed by atoms with Gasteiger partial charge in [-0.05, 0) is 42.7 Å². The summed E-state index contributed by atoms with van der Waals surface area (Å²) in [6.45, 7) is 5.42. The summed E-state index contributed by atoms with van der Waals surface area (Å²) in [7, 11) is 0. The highest BCUT2D eigenvalue weighted by Gasteiger charge is 2.15. The number of aryl methyl sites for hydroxylation is 2. The second kappa shape index (κ2) is 9.84. The predicted molar refractivity (Wildman–Crippen MR) is 122 cm³/mol. The maximum atomic E-state index is 12.9. The molecule has 0 radical (unpaired) electrons. The molecule has 3 rings (SSSR count). The maximum Gasteiger partial charge on any atom is 0.291 e. The highest BCUT2D eigenvalue weighted by molar-refractivity contribution is 5.92. The van der Waals surface area contributed by atoms with Crippen LogP contribution in [-0.4, -0.2) is 21.6 Å². The van der Waals surface area contributed by atoms with Crippen molar-refractivity contribution in [1.29, 1.82) is 0 Å². The minimum absolute atomic E-state index is 0.0970. The van der Waals surface area contributed by atoms with Crippen molar-refractivity contribution < 1.29 is 9.59 Å². The van der Waals surface area contributed by atoms with Crippen LogP contribution in [0.25, 0.3) is 11.3 Å². The lowest BCUT2D eigenvalue weighted by atomic mass is 10.1. The first-order chi connectivity index (χ1) is 14.9. The molecule has 0 saturated heterocycles. The van der Waals surface area contributed by atoms with Crippen molar-refractivity contribution >= 4 is 23.2 Å². The van der Waals surface area contributed by atoms with E-state index in [1.807, 2.05) is 49.4 Å². The zero-order valence-corrected chi connectivity index (χ0v) is 17.9. The quantitative estimate of drug-likeness (QED) is 0.611. The molecule has 0 aliphatic heterocycles. The molecular weight excluding hydrogens is 392 g/mol. The molecule has 2 aromatic carbocycles. The van der Waals surface area contributed by atoms with Gasteiger partial charge >= 0.3 is 0 Å². The summed E-state index contributed by atoms with van der Waals surface area (Å²) >= 11 is 0. The topological polar surface area (TPSA) is 93.1 Å². The third-order valence-electron chi connectivity index (χ3n) is 4.82. The van der Waals surface area contributed by atoms with Crippen LogP contribution in [0.2, 0.25) is 0 Å². The number of benzene rings is 2. The molecule has 0 fully saturated rings. The van der Waals surface area contributed by atoms with Crippen molar-refractivity contribution in [2.45, 2.75) is 40.2 Å². The molecule has 0 spiro atoms. The van der Waals surface area contributed by atoms with E-state index in [2.05, 4.69) is 22.7 Å². The van der Waals surface area contributed by atoms with E-state index >= 15 is 0 Å². The molecule has 1 heterocycles. The average Bonchev–Trinajstić information content (AvgIpc) is 2.76. The Labute approximate surface area is 181 Å². The van der Waals surface area contributed by atoms with Crippen LogP contribution in [-0.2, 0) is 22.6 Å². The normalized spacial score (nSPS) is 10.5. The summed E-state index contributed by atoms with van der Waals surface area (Å²) in [6.07, 6.45) is 1.14. The fourth-order valence-electron chi connectivity index (χ4n) is 3.09. The predicted octanol–water partition coefficient (Wildman–Crippen LogP) is 3.77. The van der Waals surface area contributed by atoms with Crippen LogP contribution in [0.15, 0.2) is 59.4 Å². The van der Waals surface area contributed by atoms with Gasteiger partial charge in [-0.2, -0.15) is 5.10 Å². The number of nitrogens with zero attached hydrogens (tertiary/aromatic N) is 2. The molecule has 0 aliphatic rings. The van der Waals surface area contributed by atoms with Gasteiger partial charge in [-0.15, -0.1) is 0 Å². The van der Waals surface area contributed by atoms with E-state index in [9.17, 15) is 14.4 Å². The highest BCUT2D eigenvalue weighted by atomic mass is 16.2. The van der Waals surface area contributed by atoms with E-state index in [1.54, 1.807) is 19.1 Å². The number of hydrogen-bond acceptors (Lipinski definition) is 4.